The van der Waals surface area contributed by atoms with Gasteiger partial charge in [0, 0.05) is 6.54 Å². The molecule has 0 saturated heterocycles. The molecule has 1 aliphatic heterocycles. The predicted octanol–water partition coefficient (Wildman–Crippen LogP) is 4.92. The number of alkyl halides is 3. The van der Waals surface area contributed by atoms with Crippen molar-refractivity contribution in [2.45, 2.75) is 19.1 Å². The molecule has 0 aliphatic carbocycles. The molecule has 0 atom stereocenters. The number of halogens is 3. The van der Waals surface area contributed by atoms with E-state index in [2.05, 4.69) is 11.6 Å². The van der Waals surface area contributed by atoms with Gasteiger partial charge in [-0.3, -0.25) is 9.36 Å². The van der Waals surface area contributed by atoms with Crippen molar-refractivity contribution in [2.75, 3.05) is 6.61 Å². The molecule has 4 rings (SSSR count). The minimum atomic E-state index is -4.49. The van der Waals surface area contributed by atoms with Crippen LogP contribution in [0, 0.1) is 0 Å². The first-order chi connectivity index (χ1) is 13.9. The van der Waals surface area contributed by atoms with E-state index in [1.54, 1.807) is 6.08 Å². The highest BCUT2D eigenvalue weighted by molar-refractivity contribution is 5.85. The Hall–Kier alpha value is -3.35. The van der Waals surface area contributed by atoms with E-state index in [1.807, 2.05) is 30.3 Å². The Labute approximate surface area is 164 Å². The van der Waals surface area contributed by atoms with Gasteiger partial charge in [-0.2, -0.15) is 13.2 Å². The van der Waals surface area contributed by atoms with Crippen LogP contribution in [0.3, 0.4) is 0 Å². The number of aromatic nitrogens is 2. The maximum absolute atomic E-state index is 13.0. The predicted molar refractivity (Wildman–Crippen MR) is 106 cm³/mol. The third-order valence-corrected chi connectivity index (χ3v) is 4.74. The molecule has 0 amide bonds. The summed E-state index contributed by atoms with van der Waals surface area (Å²) >= 11 is 0. The average Bonchev–Trinajstić information content (AvgIpc) is 3.08. The first-order valence-electron chi connectivity index (χ1n) is 9.03. The molecule has 2 heterocycles. The molecule has 0 spiro atoms. The van der Waals surface area contributed by atoms with Gasteiger partial charge in [-0.15, -0.1) is 0 Å². The maximum Gasteiger partial charge on any atom is 0.416 e. The largest absolute Gasteiger partial charge is 0.490 e. The molecule has 1 aliphatic rings. The van der Waals surface area contributed by atoms with Crippen molar-refractivity contribution >= 4 is 22.6 Å². The summed E-state index contributed by atoms with van der Waals surface area (Å²) in [5.41, 5.74) is 0.547. The van der Waals surface area contributed by atoms with Crippen LogP contribution in [0.5, 0.6) is 5.75 Å². The molecular weight excluding hydrogens is 381 g/mol. The van der Waals surface area contributed by atoms with Crippen LogP contribution in [0.1, 0.15) is 23.4 Å². The van der Waals surface area contributed by atoms with Gasteiger partial charge in [0.05, 0.1) is 16.5 Å². The number of fused-ring (bicyclic) bond motifs is 2. The van der Waals surface area contributed by atoms with Crippen LogP contribution < -0.4 is 10.3 Å². The van der Waals surface area contributed by atoms with Gasteiger partial charge in [-0.25, -0.2) is 4.98 Å². The van der Waals surface area contributed by atoms with Crippen molar-refractivity contribution in [3.05, 3.63) is 82.4 Å². The second-order valence-electron chi connectivity index (χ2n) is 6.71. The standard InChI is InChI=1S/C22H17F3N2O2/c1-2-10-29-17-5-3-4-14(12-17)11-15-8-9-27-20(15)26-19-13-16(22(23,24)25)6-7-18(19)21(27)28/h2-7,11-13H,1,8-10H2/b15-11+. The van der Waals surface area contributed by atoms with Crippen molar-refractivity contribution in [2.24, 2.45) is 0 Å². The van der Waals surface area contributed by atoms with E-state index >= 15 is 0 Å². The van der Waals surface area contributed by atoms with Crippen LogP contribution in [0.2, 0.25) is 0 Å². The fourth-order valence-corrected chi connectivity index (χ4v) is 3.38. The zero-order chi connectivity index (χ0) is 20.6. The van der Waals surface area contributed by atoms with E-state index in [4.69, 9.17) is 4.74 Å². The fraction of sp³-hybridized carbons (Fsp3) is 0.182. The highest BCUT2D eigenvalue weighted by atomic mass is 19.4. The molecule has 148 valence electrons. The molecule has 4 nitrogen and oxygen atoms in total. The lowest BCUT2D eigenvalue weighted by molar-refractivity contribution is -0.137. The summed E-state index contributed by atoms with van der Waals surface area (Å²) in [5.74, 6) is 1.08. The van der Waals surface area contributed by atoms with Gasteiger partial charge in [0.25, 0.3) is 5.56 Å². The molecule has 0 saturated carbocycles. The second-order valence-corrected chi connectivity index (χ2v) is 6.71. The van der Waals surface area contributed by atoms with E-state index in [0.717, 1.165) is 23.3 Å². The fourth-order valence-electron chi connectivity index (χ4n) is 3.38. The Morgan fingerprint density at radius 2 is 2.03 bits per heavy atom. The lowest BCUT2D eigenvalue weighted by atomic mass is 10.1. The molecule has 0 unspecified atom stereocenters. The maximum atomic E-state index is 13.0. The van der Waals surface area contributed by atoms with Crippen molar-refractivity contribution < 1.29 is 17.9 Å². The van der Waals surface area contributed by atoms with E-state index in [9.17, 15) is 18.0 Å². The van der Waals surface area contributed by atoms with Crippen LogP contribution in [0.25, 0.3) is 22.6 Å². The van der Waals surface area contributed by atoms with Gasteiger partial charge in [-0.05, 0) is 54.0 Å². The Balaban J connectivity index is 1.79. The third-order valence-electron chi connectivity index (χ3n) is 4.74. The first-order valence-corrected chi connectivity index (χ1v) is 9.03. The number of hydrogen-bond acceptors (Lipinski definition) is 3. The summed E-state index contributed by atoms with van der Waals surface area (Å²) in [4.78, 5) is 17.1. The molecule has 0 fully saturated rings. The first kappa shape index (κ1) is 19.0. The van der Waals surface area contributed by atoms with Gasteiger partial charge >= 0.3 is 6.18 Å². The van der Waals surface area contributed by atoms with Crippen molar-refractivity contribution in [3.63, 3.8) is 0 Å². The highest BCUT2D eigenvalue weighted by Crippen LogP contribution is 2.32. The summed E-state index contributed by atoms with van der Waals surface area (Å²) in [6.07, 6.45) is -0.390. The van der Waals surface area contributed by atoms with Gasteiger partial charge < -0.3 is 4.74 Å². The van der Waals surface area contributed by atoms with Gasteiger partial charge in [0.2, 0.25) is 0 Å². The van der Waals surface area contributed by atoms with E-state index in [0.29, 0.717) is 31.1 Å². The number of allylic oxidation sites excluding steroid dienone is 1. The highest BCUT2D eigenvalue weighted by Gasteiger charge is 2.31. The number of ether oxygens (including phenoxy) is 1. The Morgan fingerprint density at radius 1 is 1.21 bits per heavy atom. The minimum Gasteiger partial charge on any atom is -0.490 e. The summed E-state index contributed by atoms with van der Waals surface area (Å²) in [5, 5.41) is 0.183. The van der Waals surface area contributed by atoms with Crippen LogP contribution in [0.15, 0.2) is 59.9 Å². The zero-order valence-electron chi connectivity index (χ0n) is 15.4. The summed E-state index contributed by atoms with van der Waals surface area (Å²) < 4.78 is 46.2. The van der Waals surface area contributed by atoms with Gasteiger partial charge in [-0.1, -0.05) is 24.8 Å². The van der Waals surface area contributed by atoms with Crippen molar-refractivity contribution in [1.29, 1.82) is 0 Å². The minimum absolute atomic E-state index is 0.0481. The third kappa shape index (κ3) is 3.68. The molecule has 0 bridgehead atoms. The smallest absolute Gasteiger partial charge is 0.416 e. The van der Waals surface area contributed by atoms with Gasteiger partial charge in [0.15, 0.2) is 0 Å². The normalized spacial score (nSPS) is 14.9. The van der Waals surface area contributed by atoms with Crippen LogP contribution >= 0.6 is 0 Å². The van der Waals surface area contributed by atoms with E-state index < -0.39 is 11.7 Å². The number of hydrogen-bond donors (Lipinski definition) is 0. The van der Waals surface area contributed by atoms with Crippen LogP contribution in [-0.2, 0) is 12.7 Å². The number of rotatable bonds is 4. The molecule has 29 heavy (non-hydrogen) atoms. The topological polar surface area (TPSA) is 44.1 Å². The Bertz CT molecular complexity index is 1190. The SMILES string of the molecule is C=CCOc1cccc(/C=C2\CCn3c2nc2cc(C(F)(F)F)ccc2c3=O)c1. The van der Waals surface area contributed by atoms with E-state index in [-0.39, 0.29) is 16.5 Å². The van der Waals surface area contributed by atoms with Crippen molar-refractivity contribution in [3.8, 4) is 5.75 Å². The quantitative estimate of drug-likeness (QED) is 0.586. The Morgan fingerprint density at radius 3 is 2.79 bits per heavy atom. The average molecular weight is 398 g/mol. The monoisotopic (exact) mass is 398 g/mol. The molecule has 0 N–H and O–H groups in total. The molecule has 2 aromatic carbocycles. The molecule has 3 aromatic rings. The zero-order valence-corrected chi connectivity index (χ0v) is 15.4. The summed E-state index contributed by atoms with van der Waals surface area (Å²) in [7, 11) is 0. The van der Waals surface area contributed by atoms with E-state index in [1.165, 1.54) is 10.6 Å². The molecule has 0 radical (unpaired) electrons. The van der Waals surface area contributed by atoms with Gasteiger partial charge in [0.1, 0.15) is 18.2 Å². The summed E-state index contributed by atoms with van der Waals surface area (Å²) in [6.45, 7) is 4.44. The lowest BCUT2D eigenvalue weighted by Gasteiger charge is -2.09. The van der Waals surface area contributed by atoms with Crippen LogP contribution in [-0.4, -0.2) is 16.2 Å². The molecular formula is C22H17F3N2O2. The Kier molecular flexibility index (Phi) is 4.74. The number of benzene rings is 2. The number of nitrogens with zero attached hydrogens (tertiary/aromatic N) is 2. The second kappa shape index (κ2) is 7.24. The summed E-state index contributed by atoms with van der Waals surface area (Å²) in [6, 6.07) is 10.4. The molecule has 1 aromatic heterocycles. The molecule has 7 heteroatoms. The van der Waals surface area contributed by atoms with Crippen LogP contribution in [0.4, 0.5) is 13.2 Å². The van der Waals surface area contributed by atoms with Crippen molar-refractivity contribution in [1.82, 2.24) is 9.55 Å². The lowest BCUT2D eigenvalue weighted by Crippen LogP contribution is -2.21.